The highest BCUT2D eigenvalue weighted by atomic mass is 16.4. The van der Waals surface area contributed by atoms with Gasteiger partial charge in [-0.2, -0.15) is 0 Å². The summed E-state index contributed by atoms with van der Waals surface area (Å²) in [4.78, 5) is 12.7. The molecule has 1 fully saturated rings. The van der Waals surface area contributed by atoms with E-state index in [1.165, 1.54) is 6.07 Å². The first-order valence-corrected chi connectivity index (χ1v) is 5.93. The van der Waals surface area contributed by atoms with Crippen LogP contribution in [-0.4, -0.2) is 35.4 Å². The second kappa shape index (κ2) is 5.23. The zero-order valence-electron chi connectivity index (χ0n) is 9.63. The third-order valence-electron chi connectivity index (χ3n) is 3.17. The Morgan fingerprint density at radius 2 is 2.24 bits per heavy atom. The second-order valence-electron chi connectivity index (χ2n) is 4.32. The van der Waals surface area contributed by atoms with Crippen LogP contribution in [0.15, 0.2) is 16.5 Å². The van der Waals surface area contributed by atoms with E-state index in [0.29, 0.717) is 5.88 Å². The van der Waals surface area contributed by atoms with Gasteiger partial charge in [0.2, 0.25) is 5.76 Å². The maximum Gasteiger partial charge on any atom is 0.371 e. The smallest absolute Gasteiger partial charge is 0.371 e. The van der Waals surface area contributed by atoms with Gasteiger partial charge in [0.05, 0.1) is 12.6 Å². The van der Waals surface area contributed by atoms with Gasteiger partial charge in [-0.05, 0) is 18.9 Å². The van der Waals surface area contributed by atoms with Crippen molar-refractivity contribution in [2.24, 2.45) is 0 Å². The van der Waals surface area contributed by atoms with Crippen LogP contribution in [0, 0.1) is 0 Å². The standard InChI is InChI=1S/C12H17NO4/c14-8-9-4-2-1-3-7-13(9)11-6-5-10(17-11)12(15)16/h5-6,9,14H,1-4,7-8H2,(H,15,16). The zero-order valence-corrected chi connectivity index (χ0v) is 9.63. The summed E-state index contributed by atoms with van der Waals surface area (Å²) >= 11 is 0. The molecular formula is C12H17NO4. The third-order valence-corrected chi connectivity index (χ3v) is 3.17. The molecule has 1 unspecified atom stereocenters. The SMILES string of the molecule is O=C(O)c1ccc(N2CCCCCC2CO)o1. The first kappa shape index (κ1) is 12.0. The van der Waals surface area contributed by atoms with E-state index in [-0.39, 0.29) is 18.4 Å². The molecule has 94 valence electrons. The van der Waals surface area contributed by atoms with Gasteiger partial charge in [-0.15, -0.1) is 0 Å². The lowest BCUT2D eigenvalue weighted by Gasteiger charge is -2.27. The molecule has 1 saturated heterocycles. The normalized spacial score (nSPS) is 21.2. The number of carboxylic acids is 1. The predicted octanol–water partition coefficient (Wildman–Crippen LogP) is 1.72. The molecule has 0 amide bonds. The lowest BCUT2D eigenvalue weighted by Crippen LogP contribution is -2.37. The molecule has 0 spiro atoms. The summed E-state index contributed by atoms with van der Waals surface area (Å²) in [6.45, 7) is 0.876. The van der Waals surface area contributed by atoms with E-state index in [1.54, 1.807) is 6.07 Å². The number of aliphatic hydroxyl groups excluding tert-OH is 1. The molecule has 2 heterocycles. The van der Waals surface area contributed by atoms with Crippen LogP contribution in [0.25, 0.3) is 0 Å². The molecule has 0 saturated carbocycles. The molecule has 1 aliphatic rings. The first-order valence-electron chi connectivity index (χ1n) is 5.93. The van der Waals surface area contributed by atoms with Crippen molar-refractivity contribution >= 4 is 11.9 Å². The van der Waals surface area contributed by atoms with Crippen molar-refractivity contribution in [2.75, 3.05) is 18.1 Å². The van der Waals surface area contributed by atoms with E-state index in [0.717, 1.165) is 32.2 Å². The highest BCUT2D eigenvalue weighted by Gasteiger charge is 2.23. The molecule has 1 aromatic heterocycles. The molecular weight excluding hydrogens is 222 g/mol. The number of anilines is 1. The fourth-order valence-electron chi connectivity index (χ4n) is 2.25. The number of aromatic carboxylic acids is 1. The number of nitrogens with zero attached hydrogens (tertiary/aromatic N) is 1. The van der Waals surface area contributed by atoms with Gasteiger partial charge in [-0.1, -0.05) is 12.8 Å². The number of rotatable bonds is 3. The van der Waals surface area contributed by atoms with Crippen molar-refractivity contribution < 1.29 is 19.4 Å². The average molecular weight is 239 g/mol. The second-order valence-corrected chi connectivity index (χ2v) is 4.32. The number of hydrogen-bond acceptors (Lipinski definition) is 4. The molecule has 0 radical (unpaired) electrons. The molecule has 0 aliphatic carbocycles. The lowest BCUT2D eigenvalue weighted by atomic mass is 10.1. The Morgan fingerprint density at radius 1 is 1.41 bits per heavy atom. The van der Waals surface area contributed by atoms with Crippen LogP contribution in [-0.2, 0) is 0 Å². The maximum absolute atomic E-state index is 10.8. The molecule has 1 aliphatic heterocycles. The van der Waals surface area contributed by atoms with Gasteiger partial charge in [0.25, 0.3) is 0 Å². The van der Waals surface area contributed by atoms with Crippen LogP contribution < -0.4 is 4.90 Å². The van der Waals surface area contributed by atoms with Crippen LogP contribution in [0.4, 0.5) is 5.88 Å². The monoisotopic (exact) mass is 239 g/mol. The largest absolute Gasteiger partial charge is 0.475 e. The van der Waals surface area contributed by atoms with Crippen LogP contribution >= 0.6 is 0 Å². The number of furan rings is 1. The van der Waals surface area contributed by atoms with Gasteiger partial charge in [-0.25, -0.2) is 4.79 Å². The Labute approximate surface area is 99.6 Å². The first-order chi connectivity index (χ1) is 8.22. The highest BCUT2D eigenvalue weighted by Crippen LogP contribution is 2.26. The molecule has 2 rings (SSSR count). The zero-order chi connectivity index (χ0) is 12.3. The minimum absolute atomic E-state index is 0.0327. The maximum atomic E-state index is 10.8. The van der Waals surface area contributed by atoms with Crippen molar-refractivity contribution in [1.29, 1.82) is 0 Å². The highest BCUT2D eigenvalue weighted by molar-refractivity contribution is 5.84. The van der Waals surface area contributed by atoms with Gasteiger partial charge in [-0.3, -0.25) is 0 Å². The van der Waals surface area contributed by atoms with E-state index in [4.69, 9.17) is 9.52 Å². The van der Waals surface area contributed by atoms with Crippen molar-refractivity contribution in [2.45, 2.75) is 31.7 Å². The minimum atomic E-state index is -1.06. The summed E-state index contributed by atoms with van der Waals surface area (Å²) in [6, 6.07) is 3.15. The Morgan fingerprint density at radius 3 is 2.88 bits per heavy atom. The van der Waals surface area contributed by atoms with Gasteiger partial charge in [0.15, 0.2) is 5.88 Å². The molecule has 5 nitrogen and oxygen atoms in total. The Bertz CT molecular complexity index is 388. The van der Waals surface area contributed by atoms with E-state index in [1.807, 2.05) is 4.90 Å². The Balaban J connectivity index is 2.19. The number of hydrogen-bond donors (Lipinski definition) is 2. The summed E-state index contributed by atoms with van der Waals surface area (Å²) in [6.07, 6.45) is 4.19. The molecule has 2 N–H and O–H groups in total. The van der Waals surface area contributed by atoms with Crippen molar-refractivity contribution in [3.05, 3.63) is 17.9 Å². The van der Waals surface area contributed by atoms with E-state index in [9.17, 15) is 9.90 Å². The van der Waals surface area contributed by atoms with Crippen molar-refractivity contribution in [3.8, 4) is 0 Å². The molecule has 5 heteroatoms. The summed E-state index contributed by atoms with van der Waals surface area (Å²) in [5.41, 5.74) is 0. The van der Waals surface area contributed by atoms with E-state index in [2.05, 4.69) is 0 Å². The third kappa shape index (κ3) is 2.61. The predicted molar refractivity (Wildman–Crippen MR) is 62.4 cm³/mol. The Kier molecular flexibility index (Phi) is 3.68. The number of aliphatic hydroxyl groups is 1. The fraction of sp³-hybridized carbons (Fsp3) is 0.583. The van der Waals surface area contributed by atoms with Crippen molar-refractivity contribution in [1.82, 2.24) is 0 Å². The molecule has 1 atom stereocenters. The summed E-state index contributed by atoms with van der Waals surface area (Å²) in [5, 5.41) is 18.2. The topological polar surface area (TPSA) is 73.9 Å². The van der Waals surface area contributed by atoms with Gasteiger partial charge < -0.3 is 19.5 Å². The number of carbonyl (C=O) groups is 1. The Hall–Kier alpha value is -1.49. The van der Waals surface area contributed by atoms with E-state index < -0.39 is 5.97 Å². The minimum Gasteiger partial charge on any atom is -0.475 e. The molecule has 0 bridgehead atoms. The van der Waals surface area contributed by atoms with E-state index >= 15 is 0 Å². The van der Waals surface area contributed by atoms with Crippen LogP contribution in [0.1, 0.15) is 36.2 Å². The van der Waals surface area contributed by atoms with Crippen LogP contribution in [0.3, 0.4) is 0 Å². The molecule has 17 heavy (non-hydrogen) atoms. The lowest BCUT2D eigenvalue weighted by molar-refractivity contribution is 0.0663. The van der Waals surface area contributed by atoms with Crippen LogP contribution in [0.2, 0.25) is 0 Å². The average Bonchev–Trinajstić information content (AvgIpc) is 2.68. The quantitative estimate of drug-likeness (QED) is 0.840. The molecule has 0 aromatic carbocycles. The summed E-state index contributed by atoms with van der Waals surface area (Å²) in [5.74, 6) is -0.573. The molecule has 1 aromatic rings. The summed E-state index contributed by atoms with van der Waals surface area (Å²) < 4.78 is 5.29. The van der Waals surface area contributed by atoms with Crippen molar-refractivity contribution in [3.63, 3.8) is 0 Å². The number of carboxylic acid groups (broad SMARTS) is 1. The van der Waals surface area contributed by atoms with Crippen LogP contribution in [0.5, 0.6) is 0 Å². The summed E-state index contributed by atoms with van der Waals surface area (Å²) in [7, 11) is 0. The van der Waals surface area contributed by atoms with Gasteiger partial charge in [0.1, 0.15) is 0 Å². The van der Waals surface area contributed by atoms with Gasteiger partial charge in [0, 0.05) is 12.6 Å². The fourth-order valence-corrected chi connectivity index (χ4v) is 2.25. The van der Waals surface area contributed by atoms with Gasteiger partial charge >= 0.3 is 5.97 Å².